The molecule has 1 saturated carbocycles. The van der Waals surface area contributed by atoms with Crippen molar-refractivity contribution in [2.45, 2.75) is 43.9 Å². The Morgan fingerprint density at radius 2 is 2.40 bits per heavy atom. The van der Waals surface area contributed by atoms with Gasteiger partial charge in [-0.15, -0.1) is 0 Å². The predicted octanol–water partition coefficient (Wildman–Crippen LogP) is 1.75. The summed E-state index contributed by atoms with van der Waals surface area (Å²) in [6.07, 6.45) is 4.24. The molecule has 2 heterocycles. The number of carbonyl (C=O) groups excluding carboxylic acids is 1. The number of halogens is 1. The Balaban J connectivity index is 1.67. The van der Waals surface area contributed by atoms with E-state index in [0.29, 0.717) is 29.8 Å². The maximum absolute atomic E-state index is 12.3. The van der Waals surface area contributed by atoms with Crippen LogP contribution in [0.2, 0.25) is 5.02 Å². The average Bonchev–Trinajstić information content (AvgIpc) is 3.11. The number of hydrogen-bond donors (Lipinski definition) is 2. The van der Waals surface area contributed by atoms with E-state index in [4.69, 9.17) is 16.3 Å². The fraction of sp³-hybridized carbons (Fsp3) is 0.643. The van der Waals surface area contributed by atoms with Crippen LogP contribution in [-0.2, 0) is 4.74 Å². The molecule has 0 spiro atoms. The van der Waals surface area contributed by atoms with Crippen molar-refractivity contribution in [2.75, 3.05) is 13.2 Å². The number of carbonyl (C=O) groups is 1. The van der Waals surface area contributed by atoms with Crippen molar-refractivity contribution in [1.82, 2.24) is 9.88 Å². The highest BCUT2D eigenvalue weighted by molar-refractivity contribution is 6.31. The first-order valence-electron chi connectivity index (χ1n) is 6.99. The lowest BCUT2D eigenvalue weighted by molar-refractivity contribution is -0.0252. The maximum atomic E-state index is 12.3. The van der Waals surface area contributed by atoms with E-state index in [9.17, 15) is 9.90 Å². The Bertz CT molecular complexity index is 526. The van der Waals surface area contributed by atoms with E-state index in [0.717, 1.165) is 12.8 Å². The van der Waals surface area contributed by atoms with Crippen molar-refractivity contribution >= 4 is 17.5 Å². The van der Waals surface area contributed by atoms with Gasteiger partial charge in [0.05, 0.1) is 11.1 Å². The number of aromatic nitrogens is 1. The lowest BCUT2D eigenvalue weighted by atomic mass is 9.97. The molecule has 1 saturated heterocycles. The van der Waals surface area contributed by atoms with Crippen LogP contribution in [0.3, 0.4) is 0 Å². The van der Waals surface area contributed by atoms with E-state index in [1.165, 1.54) is 0 Å². The highest BCUT2D eigenvalue weighted by atomic mass is 35.5. The van der Waals surface area contributed by atoms with Crippen LogP contribution in [0.4, 0.5) is 0 Å². The summed E-state index contributed by atoms with van der Waals surface area (Å²) in [7, 11) is 0. The van der Waals surface area contributed by atoms with Crippen LogP contribution in [0.25, 0.3) is 0 Å². The molecule has 2 fully saturated rings. The minimum atomic E-state index is -0.976. The van der Waals surface area contributed by atoms with Gasteiger partial charge in [0.25, 0.3) is 5.91 Å². The van der Waals surface area contributed by atoms with Crippen LogP contribution in [0.5, 0.6) is 0 Å². The number of aliphatic hydroxyl groups is 1. The molecule has 0 aromatic carbocycles. The molecule has 0 bridgehead atoms. The lowest BCUT2D eigenvalue weighted by Crippen LogP contribution is -2.47. The summed E-state index contributed by atoms with van der Waals surface area (Å²) in [6, 6.07) is 2.06. The SMILES string of the molecule is CC1OCCC1(O)CNC(=O)c1cc(Cl)cn1C1CC1. The van der Waals surface area contributed by atoms with Gasteiger partial charge in [-0.25, -0.2) is 0 Å². The largest absolute Gasteiger partial charge is 0.385 e. The van der Waals surface area contributed by atoms with E-state index in [2.05, 4.69) is 5.32 Å². The van der Waals surface area contributed by atoms with E-state index in [1.807, 2.05) is 11.5 Å². The minimum Gasteiger partial charge on any atom is -0.385 e. The molecule has 110 valence electrons. The molecule has 0 radical (unpaired) electrons. The Labute approximate surface area is 122 Å². The van der Waals surface area contributed by atoms with Crippen molar-refractivity contribution in [3.63, 3.8) is 0 Å². The van der Waals surface area contributed by atoms with Gasteiger partial charge in [-0.05, 0) is 25.8 Å². The quantitative estimate of drug-likeness (QED) is 0.890. The molecule has 2 unspecified atom stereocenters. The zero-order valence-corrected chi connectivity index (χ0v) is 12.2. The molecule has 5 nitrogen and oxygen atoms in total. The van der Waals surface area contributed by atoms with Gasteiger partial charge in [0.15, 0.2) is 0 Å². The number of hydrogen-bond acceptors (Lipinski definition) is 3. The van der Waals surface area contributed by atoms with Crippen molar-refractivity contribution in [3.8, 4) is 0 Å². The molecular formula is C14H19ClN2O3. The number of ether oxygens (including phenoxy) is 1. The van der Waals surface area contributed by atoms with Gasteiger partial charge in [-0.1, -0.05) is 11.6 Å². The summed E-state index contributed by atoms with van der Waals surface area (Å²) in [5.74, 6) is -0.198. The molecule has 1 aromatic heterocycles. The molecule has 2 N–H and O–H groups in total. The van der Waals surface area contributed by atoms with Gasteiger partial charge in [0.2, 0.25) is 0 Å². The maximum Gasteiger partial charge on any atom is 0.268 e. The smallest absolute Gasteiger partial charge is 0.268 e. The Hall–Kier alpha value is -1.04. The van der Waals surface area contributed by atoms with Gasteiger partial charge < -0.3 is 19.7 Å². The van der Waals surface area contributed by atoms with Crippen LogP contribution >= 0.6 is 11.6 Å². The van der Waals surface area contributed by atoms with E-state index < -0.39 is 5.60 Å². The molecular weight excluding hydrogens is 280 g/mol. The Morgan fingerprint density at radius 1 is 1.65 bits per heavy atom. The van der Waals surface area contributed by atoms with E-state index in [1.54, 1.807) is 12.3 Å². The number of amides is 1. The highest BCUT2D eigenvalue weighted by Gasteiger charge is 2.40. The highest BCUT2D eigenvalue weighted by Crippen LogP contribution is 2.37. The zero-order chi connectivity index (χ0) is 14.3. The molecule has 6 heteroatoms. The van der Waals surface area contributed by atoms with Crippen molar-refractivity contribution in [1.29, 1.82) is 0 Å². The average molecular weight is 299 g/mol. The summed E-state index contributed by atoms with van der Waals surface area (Å²) in [6.45, 7) is 2.54. The van der Waals surface area contributed by atoms with Crippen molar-refractivity contribution in [3.05, 3.63) is 23.0 Å². The Morgan fingerprint density at radius 3 is 3.00 bits per heavy atom. The minimum absolute atomic E-state index is 0.195. The first-order valence-corrected chi connectivity index (χ1v) is 7.37. The third kappa shape index (κ3) is 2.57. The molecule has 1 aliphatic heterocycles. The molecule has 1 aliphatic carbocycles. The van der Waals surface area contributed by atoms with E-state index >= 15 is 0 Å². The normalized spacial score (nSPS) is 29.6. The van der Waals surface area contributed by atoms with Gasteiger partial charge in [-0.3, -0.25) is 4.79 Å². The fourth-order valence-electron chi connectivity index (χ4n) is 2.61. The van der Waals surface area contributed by atoms with Crippen LogP contribution in [0.1, 0.15) is 42.7 Å². The molecule has 2 atom stereocenters. The van der Waals surface area contributed by atoms with Crippen LogP contribution in [0.15, 0.2) is 12.3 Å². The topological polar surface area (TPSA) is 63.5 Å². The van der Waals surface area contributed by atoms with Gasteiger partial charge in [0, 0.05) is 31.8 Å². The molecule has 1 amide bonds. The molecule has 3 rings (SSSR count). The number of rotatable bonds is 4. The van der Waals surface area contributed by atoms with Crippen LogP contribution < -0.4 is 5.32 Å². The Kier molecular flexibility index (Phi) is 3.52. The summed E-state index contributed by atoms with van der Waals surface area (Å²) in [5.41, 5.74) is -0.413. The van der Waals surface area contributed by atoms with Gasteiger partial charge >= 0.3 is 0 Å². The molecule has 20 heavy (non-hydrogen) atoms. The third-order valence-electron chi connectivity index (χ3n) is 4.20. The van der Waals surface area contributed by atoms with Crippen molar-refractivity contribution in [2.24, 2.45) is 0 Å². The van der Waals surface area contributed by atoms with Crippen molar-refractivity contribution < 1.29 is 14.6 Å². The third-order valence-corrected chi connectivity index (χ3v) is 4.41. The molecule has 2 aliphatic rings. The summed E-state index contributed by atoms with van der Waals surface area (Å²) in [4.78, 5) is 12.3. The van der Waals surface area contributed by atoms with Crippen LogP contribution in [-0.4, -0.2) is 40.4 Å². The number of nitrogens with one attached hydrogen (secondary N) is 1. The second kappa shape index (κ2) is 5.06. The first kappa shape index (κ1) is 13.9. The van der Waals surface area contributed by atoms with Gasteiger partial charge in [0.1, 0.15) is 11.3 Å². The standard InChI is InChI=1S/C14H19ClN2O3/c1-9-14(19,4-5-20-9)8-16-13(18)12-6-10(15)7-17(12)11-2-3-11/h6-7,9,11,19H,2-5,8H2,1H3,(H,16,18). The summed E-state index contributed by atoms with van der Waals surface area (Å²) >= 11 is 5.99. The molecule has 1 aromatic rings. The number of nitrogens with zero attached hydrogens (tertiary/aromatic N) is 1. The lowest BCUT2D eigenvalue weighted by Gasteiger charge is -2.26. The summed E-state index contributed by atoms with van der Waals surface area (Å²) in [5, 5.41) is 13.7. The second-order valence-corrected chi connectivity index (χ2v) is 6.17. The zero-order valence-electron chi connectivity index (χ0n) is 11.4. The first-order chi connectivity index (χ1) is 9.49. The van der Waals surface area contributed by atoms with E-state index in [-0.39, 0.29) is 18.6 Å². The van der Waals surface area contributed by atoms with Crippen LogP contribution in [0, 0.1) is 0 Å². The van der Waals surface area contributed by atoms with Gasteiger partial charge in [-0.2, -0.15) is 0 Å². The second-order valence-electron chi connectivity index (χ2n) is 5.73. The predicted molar refractivity (Wildman–Crippen MR) is 75.0 cm³/mol. The monoisotopic (exact) mass is 298 g/mol. The fourth-order valence-corrected chi connectivity index (χ4v) is 2.82. The summed E-state index contributed by atoms with van der Waals surface area (Å²) < 4.78 is 7.28.